The summed E-state index contributed by atoms with van der Waals surface area (Å²) in [4.78, 5) is 31.5. The van der Waals surface area contributed by atoms with E-state index >= 15 is 0 Å². The molecule has 3 atom stereocenters. The molecule has 2 heterocycles. The summed E-state index contributed by atoms with van der Waals surface area (Å²) in [5, 5.41) is 12.1. The van der Waals surface area contributed by atoms with Gasteiger partial charge in [0, 0.05) is 24.4 Å². The highest BCUT2D eigenvalue weighted by Crippen LogP contribution is 2.30. The maximum absolute atomic E-state index is 12.6. The summed E-state index contributed by atoms with van der Waals surface area (Å²) in [6.07, 6.45) is 2.13. The average Bonchev–Trinajstić information content (AvgIpc) is 3.06. The summed E-state index contributed by atoms with van der Waals surface area (Å²) in [6.45, 7) is 4.20. The number of hydrogen-bond donors (Lipinski definition) is 4. The Kier molecular flexibility index (Phi) is 5.24. The van der Waals surface area contributed by atoms with Crippen LogP contribution in [-0.4, -0.2) is 39.2 Å². The van der Waals surface area contributed by atoms with Crippen LogP contribution in [0.25, 0.3) is 0 Å². The first-order chi connectivity index (χ1) is 12.5. The molecule has 0 aliphatic carbocycles. The summed E-state index contributed by atoms with van der Waals surface area (Å²) < 4.78 is 0. The van der Waals surface area contributed by atoms with Crippen molar-refractivity contribution >= 4 is 11.9 Å². The Balaban J connectivity index is 1.86. The number of nitrogens with zero attached hydrogens (tertiary/aromatic N) is 2. The minimum absolute atomic E-state index is 0.0231. The minimum Gasteiger partial charge on any atom is -0.476 e. The van der Waals surface area contributed by atoms with Crippen LogP contribution in [0.1, 0.15) is 46.3 Å². The molecule has 1 aliphatic rings. The van der Waals surface area contributed by atoms with Crippen LogP contribution in [0.5, 0.6) is 0 Å². The molecule has 136 valence electrons. The molecule has 8 nitrogen and oxygen atoms in total. The van der Waals surface area contributed by atoms with Gasteiger partial charge >= 0.3 is 5.97 Å². The lowest BCUT2D eigenvalue weighted by atomic mass is 9.85. The predicted octanol–water partition coefficient (Wildman–Crippen LogP) is 1.15. The Morgan fingerprint density at radius 1 is 1.08 bits per heavy atom. The highest BCUT2D eigenvalue weighted by molar-refractivity contribution is 6.02. The monoisotopic (exact) mass is 355 g/mol. The standard InChI is InChI=1S/C18H21N5O3/c1-10(2)13-12(11-6-4-3-5-7-11)16(23-22-13)21-17(24)14-15(18(25)26)20-9-8-19-14/h3-10,12-13,16,22-23H,1-2H3,(H,21,24)(H,25,26). The fraction of sp³-hybridized carbons (Fsp3) is 0.333. The Labute approximate surface area is 151 Å². The van der Waals surface area contributed by atoms with Gasteiger partial charge in [-0.15, -0.1) is 0 Å². The van der Waals surface area contributed by atoms with Gasteiger partial charge < -0.3 is 10.4 Å². The fourth-order valence-corrected chi connectivity index (χ4v) is 3.23. The predicted molar refractivity (Wildman–Crippen MR) is 94.3 cm³/mol. The lowest BCUT2D eigenvalue weighted by Gasteiger charge is -2.26. The summed E-state index contributed by atoms with van der Waals surface area (Å²) in [5.74, 6) is -1.58. The number of carboxylic acid groups (broad SMARTS) is 1. The Morgan fingerprint density at radius 3 is 2.35 bits per heavy atom. The highest BCUT2D eigenvalue weighted by atomic mass is 16.4. The van der Waals surface area contributed by atoms with E-state index in [1.54, 1.807) is 0 Å². The van der Waals surface area contributed by atoms with Crippen LogP contribution < -0.4 is 16.2 Å². The van der Waals surface area contributed by atoms with Crippen molar-refractivity contribution in [2.24, 2.45) is 5.92 Å². The molecule has 3 rings (SSSR count). The van der Waals surface area contributed by atoms with Gasteiger partial charge in [-0.2, -0.15) is 0 Å². The van der Waals surface area contributed by atoms with Gasteiger partial charge in [-0.05, 0) is 11.5 Å². The van der Waals surface area contributed by atoms with E-state index in [9.17, 15) is 14.7 Å². The Bertz CT molecular complexity index is 796. The van der Waals surface area contributed by atoms with Crippen molar-refractivity contribution in [3.63, 3.8) is 0 Å². The molecule has 0 saturated carbocycles. The number of hydrazine groups is 1. The summed E-state index contributed by atoms with van der Waals surface area (Å²) >= 11 is 0. The van der Waals surface area contributed by atoms with Gasteiger partial charge in [0.1, 0.15) is 6.17 Å². The maximum Gasteiger partial charge on any atom is 0.356 e. The number of nitrogens with one attached hydrogen (secondary N) is 3. The number of benzene rings is 1. The minimum atomic E-state index is -1.29. The number of carbonyl (C=O) groups is 2. The smallest absolute Gasteiger partial charge is 0.356 e. The first-order valence-corrected chi connectivity index (χ1v) is 8.40. The number of carbonyl (C=O) groups excluding carboxylic acids is 1. The molecule has 1 aromatic heterocycles. The lowest BCUT2D eigenvalue weighted by molar-refractivity contribution is 0.0682. The normalized spacial score (nSPS) is 22.3. The number of hydrogen-bond acceptors (Lipinski definition) is 6. The van der Waals surface area contributed by atoms with Crippen molar-refractivity contribution in [3.05, 3.63) is 59.7 Å². The van der Waals surface area contributed by atoms with E-state index in [-0.39, 0.29) is 23.3 Å². The molecule has 8 heteroatoms. The van der Waals surface area contributed by atoms with E-state index in [2.05, 4.69) is 40.0 Å². The van der Waals surface area contributed by atoms with Crippen LogP contribution in [0.3, 0.4) is 0 Å². The third-order valence-corrected chi connectivity index (χ3v) is 4.46. The van der Waals surface area contributed by atoms with E-state index < -0.39 is 18.0 Å². The quantitative estimate of drug-likeness (QED) is 0.636. The van der Waals surface area contributed by atoms with Crippen molar-refractivity contribution in [2.75, 3.05) is 0 Å². The van der Waals surface area contributed by atoms with E-state index in [1.807, 2.05) is 30.3 Å². The molecule has 0 radical (unpaired) electrons. The molecule has 0 bridgehead atoms. The highest BCUT2D eigenvalue weighted by Gasteiger charge is 2.39. The van der Waals surface area contributed by atoms with Gasteiger partial charge in [0.2, 0.25) is 0 Å². The Morgan fingerprint density at radius 2 is 1.73 bits per heavy atom. The van der Waals surface area contributed by atoms with Gasteiger partial charge in [0.05, 0.1) is 0 Å². The zero-order chi connectivity index (χ0) is 18.7. The molecule has 2 aromatic rings. The fourth-order valence-electron chi connectivity index (χ4n) is 3.23. The molecule has 26 heavy (non-hydrogen) atoms. The van der Waals surface area contributed by atoms with E-state index in [0.717, 1.165) is 5.56 Å². The second-order valence-corrected chi connectivity index (χ2v) is 6.50. The van der Waals surface area contributed by atoms with E-state index in [0.29, 0.717) is 5.92 Å². The molecule has 1 aromatic carbocycles. The average molecular weight is 355 g/mol. The van der Waals surface area contributed by atoms with Crippen molar-refractivity contribution in [2.45, 2.75) is 32.0 Å². The third-order valence-electron chi connectivity index (χ3n) is 4.46. The van der Waals surface area contributed by atoms with Crippen LogP contribution in [0.2, 0.25) is 0 Å². The first kappa shape index (κ1) is 18.0. The van der Waals surface area contributed by atoms with Crippen LogP contribution in [0.4, 0.5) is 0 Å². The lowest BCUT2D eigenvalue weighted by Crippen LogP contribution is -2.47. The van der Waals surface area contributed by atoms with Crippen molar-refractivity contribution in [1.82, 2.24) is 26.1 Å². The largest absolute Gasteiger partial charge is 0.476 e. The zero-order valence-corrected chi connectivity index (χ0v) is 14.5. The van der Waals surface area contributed by atoms with E-state index in [4.69, 9.17) is 0 Å². The van der Waals surface area contributed by atoms with Crippen molar-refractivity contribution < 1.29 is 14.7 Å². The number of amides is 1. The van der Waals surface area contributed by atoms with Gasteiger partial charge in [-0.25, -0.2) is 20.2 Å². The van der Waals surface area contributed by atoms with Crippen LogP contribution in [0, 0.1) is 5.92 Å². The SMILES string of the molecule is CC(C)C1NNC(NC(=O)c2nccnc2C(=O)O)C1c1ccccc1. The molecular formula is C18H21N5O3. The second-order valence-electron chi connectivity index (χ2n) is 6.50. The van der Waals surface area contributed by atoms with Gasteiger partial charge in [-0.3, -0.25) is 10.2 Å². The maximum atomic E-state index is 12.6. The number of aromatic nitrogens is 2. The molecule has 1 aliphatic heterocycles. The molecule has 3 unspecified atom stereocenters. The molecular weight excluding hydrogens is 334 g/mol. The van der Waals surface area contributed by atoms with E-state index in [1.165, 1.54) is 12.4 Å². The van der Waals surface area contributed by atoms with Gasteiger partial charge in [-0.1, -0.05) is 44.2 Å². The Hall–Kier alpha value is -2.84. The van der Waals surface area contributed by atoms with Crippen LogP contribution >= 0.6 is 0 Å². The van der Waals surface area contributed by atoms with Crippen LogP contribution in [0.15, 0.2) is 42.7 Å². The number of carboxylic acids is 1. The molecule has 1 amide bonds. The molecule has 1 fully saturated rings. The summed E-state index contributed by atoms with van der Waals surface area (Å²) in [7, 11) is 0. The van der Waals surface area contributed by atoms with Crippen LogP contribution in [-0.2, 0) is 0 Å². The molecule has 0 spiro atoms. The summed E-state index contributed by atoms with van der Waals surface area (Å²) in [5.41, 5.74) is 6.84. The van der Waals surface area contributed by atoms with Gasteiger partial charge in [0.25, 0.3) is 5.91 Å². The topological polar surface area (TPSA) is 116 Å². The van der Waals surface area contributed by atoms with Gasteiger partial charge in [0.15, 0.2) is 11.4 Å². The third kappa shape index (κ3) is 3.56. The summed E-state index contributed by atoms with van der Waals surface area (Å²) in [6, 6.07) is 9.97. The molecule has 4 N–H and O–H groups in total. The molecule has 1 saturated heterocycles. The second kappa shape index (κ2) is 7.59. The zero-order valence-electron chi connectivity index (χ0n) is 14.5. The number of rotatable bonds is 5. The van der Waals surface area contributed by atoms with Crippen molar-refractivity contribution in [1.29, 1.82) is 0 Å². The first-order valence-electron chi connectivity index (χ1n) is 8.40. The van der Waals surface area contributed by atoms with Crippen molar-refractivity contribution in [3.8, 4) is 0 Å². The number of aromatic carboxylic acids is 1.